The number of fused-ring (bicyclic) bond motifs is 1. The second-order valence-corrected chi connectivity index (χ2v) is 3.37. The second-order valence-electron chi connectivity index (χ2n) is 3.37. The van der Waals surface area contributed by atoms with Crippen LogP contribution in [0.2, 0.25) is 0 Å². The minimum atomic E-state index is -0.775. The highest BCUT2D eigenvalue weighted by Gasteiger charge is 2.07. The Morgan fingerprint density at radius 3 is 3.00 bits per heavy atom. The molecule has 0 atom stereocenters. The summed E-state index contributed by atoms with van der Waals surface area (Å²) in [6.45, 7) is 0. The van der Waals surface area contributed by atoms with E-state index in [1.165, 1.54) is 0 Å². The van der Waals surface area contributed by atoms with E-state index in [1.807, 2.05) is 24.3 Å². The number of carboxylic acids is 1. The van der Waals surface area contributed by atoms with Crippen LogP contribution in [-0.2, 0) is 11.2 Å². The molecule has 0 saturated carbocycles. The molecule has 2 rings (SSSR count). The topological polar surface area (TPSA) is 63.3 Å². The summed E-state index contributed by atoms with van der Waals surface area (Å²) in [5.74, 6) is -0.775. The van der Waals surface area contributed by atoms with Crippen LogP contribution in [0.15, 0.2) is 28.8 Å². The van der Waals surface area contributed by atoms with Crippen LogP contribution in [0.25, 0.3) is 11.0 Å². The van der Waals surface area contributed by atoms with E-state index < -0.39 is 5.97 Å². The molecular formula is C11H11NO3. The minimum Gasteiger partial charge on any atom is -0.481 e. The predicted molar refractivity (Wildman–Crippen MR) is 54.6 cm³/mol. The van der Waals surface area contributed by atoms with E-state index in [9.17, 15) is 4.79 Å². The first kappa shape index (κ1) is 9.71. The SMILES string of the molecule is O=C(O)CCCc1noc2ccccc12. The van der Waals surface area contributed by atoms with Gasteiger partial charge in [0.25, 0.3) is 0 Å². The summed E-state index contributed by atoms with van der Waals surface area (Å²) in [6.07, 6.45) is 1.40. The van der Waals surface area contributed by atoms with Gasteiger partial charge >= 0.3 is 5.97 Å². The van der Waals surface area contributed by atoms with Crippen LogP contribution in [0, 0.1) is 0 Å². The van der Waals surface area contributed by atoms with Gasteiger partial charge < -0.3 is 9.63 Å². The Morgan fingerprint density at radius 2 is 2.20 bits per heavy atom. The number of aryl methyl sites for hydroxylation is 1. The fourth-order valence-corrected chi connectivity index (χ4v) is 1.53. The van der Waals surface area contributed by atoms with Crippen molar-refractivity contribution in [3.63, 3.8) is 0 Å². The van der Waals surface area contributed by atoms with Gasteiger partial charge in [-0.15, -0.1) is 0 Å². The van der Waals surface area contributed by atoms with E-state index >= 15 is 0 Å². The highest BCUT2D eigenvalue weighted by atomic mass is 16.5. The number of nitrogens with zero attached hydrogens (tertiary/aromatic N) is 1. The van der Waals surface area contributed by atoms with Crippen molar-refractivity contribution in [3.8, 4) is 0 Å². The summed E-state index contributed by atoms with van der Waals surface area (Å²) in [4.78, 5) is 10.3. The molecule has 15 heavy (non-hydrogen) atoms. The van der Waals surface area contributed by atoms with E-state index in [4.69, 9.17) is 9.63 Å². The van der Waals surface area contributed by atoms with Crippen molar-refractivity contribution in [2.45, 2.75) is 19.3 Å². The molecule has 4 nitrogen and oxygen atoms in total. The Kier molecular flexibility index (Phi) is 2.67. The van der Waals surface area contributed by atoms with Gasteiger partial charge in [0.15, 0.2) is 5.58 Å². The lowest BCUT2D eigenvalue weighted by Crippen LogP contribution is -1.96. The van der Waals surface area contributed by atoms with Crippen LogP contribution < -0.4 is 0 Å². The maximum atomic E-state index is 10.3. The maximum Gasteiger partial charge on any atom is 0.303 e. The third-order valence-electron chi connectivity index (χ3n) is 2.26. The van der Waals surface area contributed by atoms with Crippen molar-refractivity contribution in [1.82, 2.24) is 5.16 Å². The highest BCUT2D eigenvalue weighted by molar-refractivity contribution is 5.79. The van der Waals surface area contributed by atoms with E-state index in [0.717, 1.165) is 16.7 Å². The number of para-hydroxylation sites is 1. The average Bonchev–Trinajstić information content (AvgIpc) is 2.62. The molecule has 0 aliphatic carbocycles. The number of hydrogen-bond acceptors (Lipinski definition) is 3. The van der Waals surface area contributed by atoms with Crippen molar-refractivity contribution >= 4 is 16.9 Å². The Morgan fingerprint density at radius 1 is 1.40 bits per heavy atom. The number of hydrogen-bond donors (Lipinski definition) is 1. The maximum absolute atomic E-state index is 10.3. The van der Waals surface area contributed by atoms with Crippen molar-refractivity contribution in [1.29, 1.82) is 0 Å². The lowest BCUT2D eigenvalue weighted by atomic mass is 10.1. The Labute approximate surface area is 86.5 Å². The summed E-state index contributed by atoms with van der Waals surface area (Å²) in [5, 5.41) is 13.4. The molecule has 0 aliphatic heterocycles. The van der Waals surface area contributed by atoms with Crippen LogP contribution in [0.1, 0.15) is 18.5 Å². The fourth-order valence-electron chi connectivity index (χ4n) is 1.53. The van der Waals surface area contributed by atoms with Gasteiger partial charge in [0, 0.05) is 11.8 Å². The lowest BCUT2D eigenvalue weighted by Gasteiger charge is -1.93. The van der Waals surface area contributed by atoms with Gasteiger partial charge in [-0.25, -0.2) is 0 Å². The molecule has 0 saturated heterocycles. The summed E-state index contributed by atoms with van der Waals surface area (Å²) in [7, 11) is 0. The summed E-state index contributed by atoms with van der Waals surface area (Å²) >= 11 is 0. The minimum absolute atomic E-state index is 0.168. The first-order valence-electron chi connectivity index (χ1n) is 4.82. The molecule has 0 bridgehead atoms. The van der Waals surface area contributed by atoms with E-state index in [2.05, 4.69) is 5.16 Å². The van der Waals surface area contributed by atoms with E-state index in [0.29, 0.717) is 12.8 Å². The molecule has 0 spiro atoms. The third-order valence-corrected chi connectivity index (χ3v) is 2.26. The number of aromatic nitrogens is 1. The van der Waals surface area contributed by atoms with E-state index in [-0.39, 0.29) is 6.42 Å². The number of aliphatic carboxylic acids is 1. The van der Waals surface area contributed by atoms with Crippen molar-refractivity contribution < 1.29 is 14.4 Å². The van der Waals surface area contributed by atoms with Gasteiger partial charge in [-0.1, -0.05) is 17.3 Å². The molecular weight excluding hydrogens is 194 g/mol. The molecule has 4 heteroatoms. The van der Waals surface area contributed by atoms with Crippen LogP contribution in [0.3, 0.4) is 0 Å². The zero-order chi connectivity index (χ0) is 10.7. The largest absolute Gasteiger partial charge is 0.481 e. The number of benzene rings is 1. The molecule has 1 aromatic heterocycles. The number of carbonyl (C=O) groups is 1. The van der Waals surface area contributed by atoms with E-state index in [1.54, 1.807) is 0 Å². The van der Waals surface area contributed by atoms with Crippen molar-refractivity contribution in [3.05, 3.63) is 30.0 Å². The molecule has 1 heterocycles. The number of rotatable bonds is 4. The summed E-state index contributed by atoms with van der Waals surface area (Å²) in [5.41, 5.74) is 1.59. The Balaban J connectivity index is 2.11. The van der Waals surface area contributed by atoms with Gasteiger partial charge in [-0.3, -0.25) is 4.79 Å². The van der Waals surface area contributed by atoms with Gasteiger partial charge in [0.1, 0.15) is 0 Å². The lowest BCUT2D eigenvalue weighted by molar-refractivity contribution is -0.137. The molecule has 1 N–H and O–H groups in total. The van der Waals surface area contributed by atoms with Gasteiger partial charge in [0.05, 0.1) is 5.69 Å². The predicted octanol–water partition coefficient (Wildman–Crippen LogP) is 2.24. The molecule has 0 fully saturated rings. The standard InChI is InChI=1S/C11H11NO3/c13-11(14)7-3-5-9-8-4-1-2-6-10(8)15-12-9/h1-2,4,6H,3,5,7H2,(H,13,14). The Bertz CT molecular complexity index is 475. The molecule has 1 aromatic carbocycles. The van der Waals surface area contributed by atoms with Gasteiger partial charge in [0.2, 0.25) is 0 Å². The highest BCUT2D eigenvalue weighted by Crippen LogP contribution is 2.19. The fraction of sp³-hybridized carbons (Fsp3) is 0.273. The van der Waals surface area contributed by atoms with Crippen molar-refractivity contribution in [2.24, 2.45) is 0 Å². The molecule has 0 unspecified atom stereocenters. The van der Waals surface area contributed by atoms with Gasteiger partial charge in [-0.05, 0) is 25.0 Å². The molecule has 0 amide bonds. The monoisotopic (exact) mass is 205 g/mol. The zero-order valence-corrected chi connectivity index (χ0v) is 8.14. The van der Waals surface area contributed by atoms with Crippen LogP contribution >= 0.6 is 0 Å². The normalized spacial score (nSPS) is 10.7. The molecule has 2 aromatic rings. The molecule has 78 valence electrons. The summed E-state index contributed by atoms with van der Waals surface area (Å²) < 4.78 is 5.11. The van der Waals surface area contributed by atoms with Crippen LogP contribution in [0.4, 0.5) is 0 Å². The van der Waals surface area contributed by atoms with Crippen molar-refractivity contribution in [2.75, 3.05) is 0 Å². The smallest absolute Gasteiger partial charge is 0.303 e. The average molecular weight is 205 g/mol. The quantitative estimate of drug-likeness (QED) is 0.831. The first-order valence-corrected chi connectivity index (χ1v) is 4.82. The number of carboxylic acid groups (broad SMARTS) is 1. The first-order chi connectivity index (χ1) is 7.27. The second kappa shape index (κ2) is 4.13. The van der Waals surface area contributed by atoms with Crippen LogP contribution in [0.5, 0.6) is 0 Å². The zero-order valence-electron chi connectivity index (χ0n) is 8.14. The Hall–Kier alpha value is -1.84. The van der Waals surface area contributed by atoms with Gasteiger partial charge in [-0.2, -0.15) is 0 Å². The third kappa shape index (κ3) is 2.15. The van der Waals surface area contributed by atoms with Crippen LogP contribution in [-0.4, -0.2) is 16.2 Å². The molecule has 0 radical (unpaired) electrons. The molecule has 0 aliphatic rings. The summed E-state index contributed by atoms with van der Waals surface area (Å²) in [6, 6.07) is 7.58.